The summed E-state index contributed by atoms with van der Waals surface area (Å²) in [5, 5.41) is 0.943. The third kappa shape index (κ3) is 1.87. The van der Waals surface area contributed by atoms with Gasteiger partial charge in [-0.25, -0.2) is 0 Å². The van der Waals surface area contributed by atoms with Gasteiger partial charge in [-0.3, -0.25) is 4.90 Å². The third-order valence-corrected chi connectivity index (χ3v) is 4.44. The van der Waals surface area contributed by atoms with Gasteiger partial charge in [0.05, 0.1) is 0 Å². The van der Waals surface area contributed by atoms with Gasteiger partial charge >= 0.3 is 0 Å². The predicted octanol–water partition coefficient (Wildman–Crippen LogP) is 3.68. The second kappa shape index (κ2) is 4.38. The molecule has 1 aliphatic heterocycles. The first-order valence-electron chi connectivity index (χ1n) is 6.33. The first-order valence-corrected chi connectivity index (χ1v) is 6.71. The van der Waals surface area contributed by atoms with E-state index in [2.05, 4.69) is 17.0 Å². The minimum Gasteiger partial charge on any atom is -0.299 e. The van der Waals surface area contributed by atoms with Crippen LogP contribution < -0.4 is 0 Å². The summed E-state index contributed by atoms with van der Waals surface area (Å²) in [6.07, 6.45) is 5.68. The van der Waals surface area contributed by atoms with E-state index in [0.29, 0.717) is 5.92 Å². The van der Waals surface area contributed by atoms with Crippen LogP contribution in [0.3, 0.4) is 0 Å². The Labute approximate surface area is 102 Å². The maximum atomic E-state index is 6.22. The average molecular weight is 236 g/mol. The molecule has 0 aromatic heterocycles. The van der Waals surface area contributed by atoms with Crippen molar-refractivity contribution < 1.29 is 0 Å². The average Bonchev–Trinajstić information content (AvgIpc) is 2.72. The van der Waals surface area contributed by atoms with Crippen molar-refractivity contribution in [1.29, 1.82) is 0 Å². The maximum absolute atomic E-state index is 6.22. The smallest absolute Gasteiger partial charge is 0.0441 e. The zero-order valence-electron chi connectivity index (χ0n) is 9.53. The van der Waals surface area contributed by atoms with Crippen LogP contribution in [0.5, 0.6) is 0 Å². The van der Waals surface area contributed by atoms with Crippen molar-refractivity contribution in [3.05, 3.63) is 34.9 Å². The van der Waals surface area contributed by atoms with Crippen molar-refractivity contribution in [2.45, 2.75) is 37.6 Å². The molecule has 1 aromatic carbocycles. The van der Waals surface area contributed by atoms with Gasteiger partial charge in [0.1, 0.15) is 0 Å². The molecule has 0 bridgehead atoms. The maximum Gasteiger partial charge on any atom is 0.0441 e. The van der Waals surface area contributed by atoms with Gasteiger partial charge in [-0.2, -0.15) is 0 Å². The zero-order valence-corrected chi connectivity index (χ0v) is 10.3. The van der Waals surface area contributed by atoms with E-state index in [0.717, 1.165) is 11.1 Å². The second-order valence-corrected chi connectivity index (χ2v) is 5.52. The fourth-order valence-corrected chi connectivity index (χ4v) is 3.37. The van der Waals surface area contributed by atoms with Gasteiger partial charge in [0.2, 0.25) is 0 Å². The molecule has 0 atom stereocenters. The van der Waals surface area contributed by atoms with E-state index < -0.39 is 0 Å². The van der Waals surface area contributed by atoms with Crippen LogP contribution in [-0.2, 0) is 0 Å². The molecule has 1 saturated carbocycles. The molecule has 1 heterocycles. The lowest BCUT2D eigenvalue weighted by Gasteiger charge is -2.43. The van der Waals surface area contributed by atoms with Gasteiger partial charge in [-0.1, -0.05) is 42.6 Å². The van der Waals surface area contributed by atoms with Crippen molar-refractivity contribution in [2.75, 3.05) is 13.1 Å². The summed E-state index contributed by atoms with van der Waals surface area (Å²) < 4.78 is 0. The molecule has 0 amide bonds. The van der Waals surface area contributed by atoms with Crippen molar-refractivity contribution in [2.24, 2.45) is 0 Å². The summed E-state index contributed by atoms with van der Waals surface area (Å²) in [5.74, 6) is 0.675. The Hall–Kier alpha value is -0.530. The predicted molar refractivity (Wildman–Crippen MR) is 68.0 cm³/mol. The highest BCUT2D eigenvalue weighted by Gasteiger charge is 2.34. The lowest BCUT2D eigenvalue weighted by atomic mass is 9.89. The molecule has 1 saturated heterocycles. The van der Waals surface area contributed by atoms with Crippen LogP contribution in [0.25, 0.3) is 0 Å². The molecule has 86 valence electrons. The van der Waals surface area contributed by atoms with Gasteiger partial charge in [-0.15, -0.1) is 0 Å². The number of benzene rings is 1. The molecule has 1 nitrogen and oxygen atoms in total. The van der Waals surface area contributed by atoms with E-state index in [-0.39, 0.29) is 0 Å². The summed E-state index contributed by atoms with van der Waals surface area (Å²) >= 11 is 6.22. The SMILES string of the molecule is Clc1ccccc1C1CN(C2CCCC2)C1. The van der Waals surface area contributed by atoms with Crippen LogP contribution in [0.4, 0.5) is 0 Å². The molecule has 2 heteroatoms. The molecule has 0 N–H and O–H groups in total. The van der Waals surface area contributed by atoms with Gasteiger partial charge in [0.15, 0.2) is 0 Å². The minimum atomic E-state index is 0.675. The zero-order chi connectivity index (χ0) is 11.0. The summed E-state index contributed by atoms with van der Waals surface area (Å²) in [7, 11) is 0. The van der Waals surface area contributed by atoms with Crippen LogP contribution in [0.15, 0.2) is 24.3 Å². The Morgan fingerprint density at radius 1 is 1.06 bits per heavy atom. The van der Waals surface area contributed by atoms with Crippen molar-refractivity contribution in [3.63, 3.8) is 0 Å². The topological polar surface area (TPSA) is 3.24 Å². The molecule has 1 aromatic rings. The number of halogens is 1. The van der Waals surface area contributed by atoms with Crippen molar-refractivity contribution in [3.8, 4) is 0 Å². The van der Waals surface area contributed by atoms with Crippen LogP contribution in [-0.4, -0.2) is 24.0 Å². The molecule has 16 heavy (non-hydrogen) atoms. The van der Waals surface area contributed by atoms with Gasteiger partial charge < -0.3 is 0 Å². The Balaban J connectivity index is 1.62. The number of hydrogen-bond acceptors (Lipinski definition) is 1. The van der Waals surface area contributed by atoms with Crippen LogP contribution >= 0.6 is 11.6 Å². The lowest BCUT2D eigenvalue weighted by molar-refractivity contribution is 0.0943. The highest BCUT2D eigenvalue weighted by atomic mass is 35.5. The van der Waals surface area contributed by atoms with Gasteiger partial charge in [0.25, 0.3) is 0 Å². The molecule has 0 radical (unpaired) electrons. The number of rotatable bonds is 2. The number of nitrogens with zero attached hydrogens (tertiary/aromatic N) is 1. The summed E-state index contributed by atoms with van der Waals surface area (Å²) in [6.45, 7) is 2.43. The lowest BCUT2D eigenvalue weighted by Crippen LogP contribution is -2.49. The van der Waals surface area contributed by atoms with E-state index in [1.54, 1.807) is 0 Å². The van der Waals surface area contributed by atoms with Crippen LogP contribution in [0.2, 0.25) is 5.02 Å². The first kappa shape index (κ1) is 10.6. The third-order valence-electron chi connectivity index (χ3n) is 4.10. The molecular formula is C14H18ClN. The van der Waals surface area contributed by atoms with E-state index in [9.17, 15) is 0 Å². The largest absolute Gasteiger partial charge is 0.299 e. The summed E-state index contributed by atoms with van der Waals surface area (Å²) in [4.78, 5) is 2.64. The van der Waals surface area contributed by atoms with Gasteiger partial charge in [0, 0.05) is 30.1 Å². The normalized spacial score (nSPS) is 23.6. The summed E-state index contributed by atoms with van der Waals surface area (Å²) in [6, 6.07) is 9.17. The number of likely N-dealkylation sites (tertiary alicyclic amines) is 1. The second-order valence-electron chi connectivity index (χ2n) is 5.11. The van der Waals surface area contributed by atoms with E-state index in [1.165, 1.54) is 44.3 Å². The fraction of sp³-hybridized carbons (Fsp3) is 0.571. The van der Waals surface area contributed by atoms with Crippen LogP contribution in [0.1, 0.15) is 37.2 Å². The Morgan fingerprint density at radius 2 is 1.75 bits per heavy atom. The van der Waals surface area contributed by atoms with Crippen molar-refractivity contribution in [1.82, 2.24) is 4.90 Å². The quantitative estimate of drug-likeness (QED) is 0.756. The highest BCUT2D eigenvalue weighted by molar-refractivity contribution is 6.31. The highest BCUT2D eigenvalue weighted by Crippen LogP contribution is 2.36. The van der Waals surface area contributed by atoms with Crippen LogP contribution in [0, 0.1) is 0 Å². The Morgan fingerprint density at radius 3 is 2.44 bits per heavy atom. The van der Waals surface area contributed by atoms with E-state index >= 15 is 0 Å². The minimum absolute atomic E-state index is 0.675. The molecule has 0 spiro atoms. The first-order chi connectivity index (χ1) is 7.84. The molecule has 0 unspecified atom stereocenters. The molecule has 2 fully saturated rings. The van der Waals surface area contributed by atoms with E-state index in [4.69, 9.17) is 11.6 Å². The molecule has 1 aliphatic carbocycles. The Bertz CT molecular complexity index is 365. The molecule has 2 aliphatic rings. The standard InChI is InChI=1S/C14H18ClN/c15-14-8-4-3-7-13(14)11-9-16(10-11)12-5-1-2-6-12/h3-4,7-8,11-12H,1-2,5-6,9-10H2. The van der Waals surface area contributed by atoms with Crippen molar-refractivity contribution >= 4 is 11.6 Å². The van der Waals surface area contributed by atoms with Gasteiger partial charge in [-0.05, 0) is 24.5 Å². The number of hydrogen-bond donors (Lipinski definition) is 0. The van der Waals surface area contributed by atoms with E-state index in [1.807, 2.05) is 12.1 Å². The molecular weight excluding hydrogens is 218 g/mol. The Kier molecular flexibility index (Phi) is 2.91. The molecule has 3 rings (SSSR count). The fourth-order valence-electron chi connectivity index (χ4n) is 3.08. The summed E-state index contributed by atoms with van der Waals surface area (Å²) in [5.41, 5.74) is 1.35. The monoisotopic (exact) mass is 235 g/mol.